The van der Waals surface area contributed by atoms with E-state index in [1.165, 1.54) is 0 Å². The highest BCUT2D eigenvalue weighted by Gasteiger charge is 2.14. The lowest BCUT2D eigenvalue weighted by molar-refractivity contribution is -0.127. The molecule has 3 aromatic carbocycles. The van der Waals surface area contributed by atoms with Crippen LogP contribution in [0.15, 0.2) is 84.0 Å². The quantitative estimate of drug-likeness (QED) is 0.386. The molecule has 1 atom stereocenters. The van der Waals surface area contributed by atoms with E-state index in [9.17, 15) is 4.79 Å². The van der Waals surface area contributed by atoms with Gasteiger partial charge in [-0.05, 0) is 55.8 Å². The van der Waals surface area contributed by atoms with Crippen LogP contribution in [0.1, 0.15) is 25.0 Å². The zero-order valence-electron chi connectivity index (χ0n) is 17.7. The highest BCUT2D eigenvalue weighted by atomic mass is 16.5. The summed E-state index contributed by atoms with van der Waals surface area (Å²) in [6.45, 7) is 4.62. The number of nitrogens with one attached hydrogen (secondary N) is 1. The van der Waals surface area contributed by atoms with Crippen LogP contribution >= 0.6 is 0 Å². The van der Waals surface area contributed by atoms with E-state index in [4.69, 9.17) is 14.2 Å². The molecule has 1 unspecified atom stereocenters. The van der Waals surface area contributed by atoms with Crippen molar-refractivity contribution in [2.75, 3.05) is 6.61 Å². The Morgan fingerprint density at radius 3 is 2.35 bits per heavy atom. The molecule has 0 radical (unpaired) electrons. The number of amides is 1. The van der Waals surface area contributed by atoms with Crippen LogP contribution in [-0.4, -0.2) is 24.8 Å². The number of benzene rings is 3. The van der Waals surface area contributed by atoms with Crippen molar-refractivity contribution in [2.45, 2.75) is 26.6 Å². The van der Waals surface area contributed by atoms with E-state index < -0.39 is 6.10 Å². The fourth-order valence-electron chi connectivity index (χ4n) is 2.74. The number of hydrazone groups is 1. The van der Waals surface area contributed by atoms with Crippen molar-refractivity contribution in [3.8, 4) is 17.2 Å². The van der Waals surface area contributed by atoms with Gasteiger partial charge in [0, 0.05) is 5.56 Å². The highest BCUT2D eigenvalue weighted by molar-refractivity contribution is 5.86. The summed E-state index contributed by atoms with van der Waals surface area (Å²) < 4.78 is 17.0. The molecule has 0 heterocycles. The van der Waals surface area contributed by atoms with E-state index in [-0.39, 0.29) is 5.91 Å². The minimum atomic E-state index is -0.713. The lowest BCUT2D eigenvalue weighted by atomic mass is 10.2. The van der Waals surface area contributed by atoms with Gasteiger partial charge < -0.3 is 14.2 Å². The van der Waals surface area contributed by atoms with Crippen LogP contribution in [0.5, 0.6) is 17.2 Å². The van der Waals surface area contributed by atoms with Crippen molar-refractivity contribution in [1.29, 1.82) is 0 Å². The molecule has 0 spiro atoms. The smallest absolute Gasteiger partial charge is 0.280 e. The minimum absolute atomic E-state index is 0.352. The Kier molecular flexibility index (Phi) is 8.05. The van der Waals surface area contributed by atoms with Gasteiger partial charge in [0.25, 0.3) is 5.91 Å². The van der Waals surface area contributed by atoms with Crippen LogP contribution in [0.2, 0.25) is 0 Å². The Morgan fingerprint density at radius 2 is 1.61 bits per heavy atom. The van der Waals surface area contributed by atoms with E-state index in [0.29, 0.717) is 24.7 Å². The molecule has 0 aromatic heterocycles. The molecule has 0 saturated carbocycles. The molecule has 0 saturated heterocycles. The fourth-order valence-corrected chi connectivity index (χ4v) is 2.74. The Balaban J connectivity index is 1.48. The second kappa shape index (κ2) is 11.4. The minimum Gasteiger partial charge on any atom is -0.493 e. The fraction of sp³-hybridized carbons (Fsp3) is 0.200. The molecular formula is C25H26N2O4. The zero-order chi connectivity index (χ0) is 21.9. The van der Waals surface area contributed by atoms with Gasteiger partial charge in [0.05, 0.1) is 12.8 Å². The molecule has 0 aliphatic carbocycles. The third-order valence-corrected chi connectivity index (χ3v) is 4.35. The van der Waals surface area contributed by atoms with Gasteiger partial charge in [0.1, 0.15) is 23.9 Å². The van der Waals surface area contributed by atoms with Crippen LogP contribution in [-0.2, 0) is 11.4 Å². The number of nitrogens with zero attached hydrogens (tertiary/aromatic N) is 1. The topological polar surface area (TPSA) is 69.2 Å². The van der Waals surface area contributed by atoms with Gasteiger partial charge in [-0.15, -0.1) is 0 Å². The molecule has 6 nitrogen and oxygen atoms in total. The van der Waals surface area contributed by atoms with Crippen LogP contribution in [0.25, 0.3) is 0 Å². The number of para-hydroxylation sites is 1. The zero-order valence-corrected chi connectivity index (χ0v) is 17.7. The van der Waals surface area contributed by atoms with Gasteiger partial charge in [0.15, 0.2) is 6.10 Å². The predicted octanol–water partition coefficient (Wildman–Crippen LogP) is 4.58. The van der Waals surface area contributed by atoms with E-state index in [1.807, 2.05) is 73.7 Å². The Labute approximate surface area is 182 Å². The van der Waals surface area contributed by atoms with Gasteiger partial charge in [-0.1, -0.05) is 42.5 Å². The summed E-state index contributed by atoms with van der Waals surface area (Å²) >= 11 is 0. The maximum atomic E-state index is 12.3. The second-order valence-corrected chi connectivity index (χ2v) is 6.71. The van der Waals surface area contributed by atoms with E-state index in [2.05, 4.69) is 10.5 Å². The summed E-state index contributed by atoms with van der Waals surface area (Å²) in [7, 11) is 0. The highest BCUT2D eigenvalue weighted by Crippen LogP contribution is 2.20. The molecule has 6 heteroatoms. The standard InChI is InChI=1S/C25H26N2O4/c1-3-29-24-12-8-7-11-21(24)17-26-27-25(28)19(2)31-23-15-13-22(14-16-23)30-18-20-9-5-4-6-10-20/h4-17,19H,3,18H2,1-2H3,(H,27,28)/b26-17+. The third-order valence-electron chi connectivity index (χ3n) is 4.35. The number of carbonyl (C=O) groups excluding carboxylic acids is 1. The van der Waals surface area contributed by atoms with Crippen molar-refractivity contribution in [3.05, 3.63) is 90.0 Å². The normalized spacial score (nSPS) is 11.7. The predicted molar refractivity (Wildman–Crippen MR) is 121 cm³/mol. The summed E-state index contributed by atoms with van der Waals surface area (Å²) in [5.41, 5.74) is 4.37. The molecular weight excluding hydrogens is 392 g/mol. The Bertz CT molecular complexity index is 988. The first-order valence-corrected chi connectivity index (χ1v) is 10.1. The van der Waals surface area contributed by atoms with Crippen molar-refractivity contribution in [1.82, 2.24) is 5.43 Å². The average Bonchev–Trinajstić information content (AvgIpc) is 2.80. The van der Waals surface area contributed by atoms with Crippen LogP contribution in [0, 0.1) is 0 Å². The van der Waals surface area contributed by atoms with Crippen molar-refractivity contribution in [2.24, 2.45) is 5.10 Å². The van der Waals surface area contributed by atoms with Crippen molar-refractivity contribution in [3.63, 3.8) is 0 Å². The molecule has 31 heavy (non-hydrogen) atoms. The first-order valence-electron chi connectivity index (χ1n) is 10.1. The molecule has 3 rings (SSSR count). The average molecular weight is 418 g/mol. The van der Waals surface area contributed by atoms with Crippen molar-refractivity contribution < 1.29 is 19.0 Å². The third kappa shape index (κ3) is 6.89. The second-order valence-electron chi connectivity index (χ2n) is 6.71. The lowest BCUT2D eigenvalue weighted by Crippen LogP contribution is -2.33. The number of rotatable bonds is 10. The summed E-state index contributed by atoms with van der Waals surface area (Å²) in [5, 5.41) is 4.01. The number of ether oxygens (including phenoxy) is 3. The number of hydrogen-bond acceptors (Lipinski definition) is 5. The molecule has 160 valence electrons. The first kappa shape index (κ1) is 21.9. The summed E-state index contributed by atoms with van der Waals surface area (Å²) in [6, 6.07) is 24.6. The molecule has 0 aliphatic heterocycles. The molecule has 0 aliphatic rings. The van der Waals surface area contributed by atoms with E-state index in [1.54, 1.807) is 25.3 Å². The van der Waals surface area contributed by atoms with Crippen LogP contribution < -0.4 is 19.6 Å². The Hall–Kier alpha value is -3.80. The van der Waals surface area contributed by atoms with E-state index in [0.717, 1.165) is 16.9 Å². The van der Waals surface area contributed by atoms with E-state index >= 15 is 0 Å². The first-order chi connectivity index (χ1) is 15.2. The van der Waals surface area contributed by atoms with Crippen molar-refractivity contribution >= 4 is 12.1 Å². The number of hydrogen-bond donors (Lipinski definition) is 1. The maximum Gasteiger partial charge on any atom is 0.280 e. The van der Waals surface area contributed by atoms with Gasteiger partial charge in [0.2, 0.25) is 0 Å². The maximum absolute atomic E-state index is 12.3. The van der Waals surface area contributed by atoms with Gasteiger partial charge in [-0.25, -0.2) is 5.43 Å². The monoisotopic (exact) mass is 418 g/mol. The lowest BCUT2D eigenvalue weighted by Gasteiger charge is -2.13. The summed E-state index contributed by atoms with van der Waals surface area (Å²) in [5.74, 6) is 1.66. The Morgan fingerprint density at radius 1 is 0.935 bits per heavy atom. The molecule has 0 fully saturated rings. The van der Waals surface area contributed by atoms with Gasteiger partial charge in [-0.3, -0.25) is 4.79 Å². The van der Waals surface area contributed by atoms with Gasteiger partial charge in [-0.2, -0.15) is 5.10 Å². The number of carbonyl (C=O) groups is 1. The van der Waals surface area contributed by atoms with Crippen LogP contribution in [0.4, 0.5) is 0 Å². The molecule has 3 aromatic rings. The largest absolute Gasteiger partial charge is 0.493 e. The van der Waals surface area contributed by atoms with Gasteiger partial charge >= 0.3 is 0 Å². The van der Waals surface area contributed by atoms with Crippen LogP contribution in [0.3, 0.4) is 0 Å². The SMILES string of the molecule is CCOc1ccccc1/C=N/NC(=O)C(C)Oc1ccc(OCc2ccccc2)cc1. The molecule has 1 amide bonds. The molecule has 0 bridgehead atoms. The molecule has 1 N–H and O–H groups in total. The summed E-state index contributed by atoms with van der Waals surface area (Å²) in [6.07, 6.45) is 0.837. The summed E-state index contributed by atoms with van der Waals surface area (Å²) in [4.78, 5) is 12.3.